The van der Waals surface area contributed by atoms with E-state index in [0.29, 0.717) is 17.9 Å². The largest absolute Gasteiger partial charge is 0.444 e. The first-order valence-corrected chi connectivity index (χ1v) is 9.75. The van der Waals surface area contributed by atoms with Crippen molar-refractivity contribution in [3.8, 4) is 12.3 Å². The van der Waals surface area contributed by atoms with Gasteiger partial charge in [0.25, 0.3) is 11.8 Å². The van der Waals surface area contributed by atoms with Crippen LogP contribution in [-0.2, 0) is 14.4 Å². The van der Waals surface area contributed by atoms with Gasteiger partial charge in [0.1, 0.15) is 5.60 Å². The molecule has 1 aromatic rings. The van der Waals surface area contributed by atoms with Gasteiger partial charge in [-0.1, -0.05) is 17.2 Å². The summed E-state index contributed by atoms with van der Waals surface area (Å²) in [5, 5.41) is 0.438. The molecule has 3 rings (SSSR count). The number of likely N-dealkylation sites (tertiary alicyclic amines) is 1. The number of carbonyl (C=O) groups excluding carboxylic acids is 4. The average molecular weight is 412 g/mol. The van der Waals surface area contributed by atoms with Crippen LogP contribution in [0, 0.1) is 12.3 Å². The lowest BCUT2D eigenvalue weighted by Crippen LogP contribution is -2.61. The fourth-order valence-electron chi connectivity index (χ4n) is 3.67. The summed E-state index contributed by atoms with van der Waals surface area (Å²) in [4.78, 5) is 57.8. The van der Waals surface area contributed by atoms with Crippen LogP contribution >= 0.6 is 0 Å². The van der Waals surface area contributed by atoms with Crippen molar-refractivity contribution in [2.75, 3.05) is 6.54 Å². The van der Waals surface area contributed by atoms with Crippen molar-refractivity contribution in [2.45, 2.75) is 57.6 Å². The minimum Gasteiger partial charge on any atom is -0.444 e. The van der Waals surface area contributed by atoms with Crippen LogP contribution in [0.15, 0.2) is 24.3 Å². The maximum Gasteiger partial charge on any atom is 0.411 e. The van der Waals surface area contributed by atoms with Gasteiger partial charge in [0, 0.05) is 13.0 Å². The number of hydroxylamine groups is 2. The number of piperidine rings is 1. The number of terminal acetylenes is 1. The van der Waals surface area contributed by atoms with E-state index in [4.69, 9.17) is 16.0 Å². The Morgan fingerprint density at radius 1 is 1.13 bits per heavy atom. The Morgan fingerprint density at radius 2 is 1.73 bits per heavy atom. The SMILES string of the molecule is C#CCC1(C(=O)ON2C(=O)c3ccccc3C2=O)CCCCN1C(=O)OC(C)(C)C. The summed E-state index contributed by atoms with van der Waals surface area (Å²) in [7, 11) is 0. The van der Waals surface area contributed by atoms with Crippen LogP contribution in [0.3, 0.4) is 0 Å². The fraction of sp³-hybridized carbons (Fsp3) is 0.455. The van der Waals surface area contributed by atoms with E-state index in [0.717, 1.165) is 0 Å². The van der Waals surface area contributed by atoms with E-state index < -0.39 is 35.0 Å². The quantitative estimate of drug-likeness (QED) is 0.560. The molecule has 2 heterocycles. The smallest absolute Gasteiger partial charge is 0.411 e. The Bertz CT molecular complexity index is 907. The summed E-state index contributed by atoms with van der Waals surface area (Å²) in [6.07, 6.45) is 6.21. The molecule has 8 heteroatoms. The van der Waals surface area contributed by atoms with Crippen molar-refractivity contribution in [3.05, 3.63) is 35.4 Å². The summed E-state index contributed by atoms with van der Waals surface area (Å²) in [6.45, 7) is 5.40. The Kier molecular flexibility index (Phi) is 5.57. The zero-order chi connectivity index (χ0) is 22.1. The minimum absolute atomic E-state index is 0.131. The van der Waals surface area contributed by atoms with E-state index in [2.05, 4.69) is 5.92 Å². The van der Waals surface area contributed by atoms with Crippen molar-refractivity contribution in [3.63, 3.8) is 0 Å². The number of imide groups is 1. The Labute approximate surface area is 175 Å². The number of hydrogen-bond acceptors (Lipinski definition) is 6. The van der Waals surface area contributed by atoms with E-state index in [-0.39, 0.29) is 30.5 Å². The van der Waals surface area contributed by atoms with Gasteiger partial charge in [-0.3, -0.25) is 14.5 Å². The molecule has 1 atom stereocenters. The molecule has 1 unspecified atom stereocenters. The lowest BCUT2D eigenvalue weighted by Gasteiger charge is -2.44. The first-order valence-electron chi connectivity index (χ1n) is 9.75. The topological polar surface area (TPSA) is 93.2 Å². The molecule has 0 saturated carbocycles. The summed E-state index contributed by atoms with van der Waals surface area (Å²) in [6, 6.07) is 6.18. The Balaban J connectivity index is 1.90. The molecule has 30 heavy (non-hydrogen) atoms. The highest BCUT2D eigenvalue weighted by Gasteiger charge is 2.52. The summed E-state index contributed by atoms with van der Waals surface area (Å²) in [5.74, 6) is 0.0293. The first-order chi connectivity index (χ1) is 14.1. The highest BCUT2D eigenvalue weighted by Crippen LogP contribution is 2.35. The molecule has 1 fully saturated rings. The predicted octanol–water partition coefficient (Wildman–Crippen LogP) is 2.92. The maximum atomic E-state index is 13.3. The molecule has 8 nitrogen and oxygen atoms in total. The van der Waals surface area contributed by atoms with Gasteiger partial charge in [-0.05, 0) is 52.2 Å². The number of benzene rings is 1. The molecule has 1 saturated heterocycles. The van der Waals surface area contributed by atoms with Crippen molar-refractivity contribution >= 4 is 23.9 Å². The number of carbonyl (C=O) groups is 4. The van der Waals surface area contributed by atoms with Crippen molar-refractivity contribution in [1.29, 1.82) is 0 Å². The van der Waals surface area contributed by atoms with Crippen molar-refractivity contribution in [2.24, 2.45) is 0 Å². The van der Waals surface area contributed by atoms with Gasteiger partial charge in [0.2, 0.25) is 0 Å². The molecule has 1 aromatic carbocycles. The molecule has 2 aliphatic heterocycles. The number of nitrogens with zero attached hydrogens (tertiary/aromatic N) is 2. The van der Waals surface area contributed by atoms with Crippen molar-refractivity contribution < 1.29 is 28.8 Å². The van der Waals surface area contributed by atoms with Gasteiger partial charge < -0.3 is 9.57 Å². The molecular weight excluding hydrogens is 388 g/mol. The van der Waals surface area contributed by atoms with Gasteiger partial charge >= 0.3 is 12.1 Å². The van der Waals surface area contributed by atoms with Gasteiger partial charge in [-0.2, -0.15) is 0 Å². The monoisotopic (exact) mass is 412 g/mol. The Morgan fingerprint density at radius 3 is 2.27 bits per heavy atom. The van der Waals surface area contributed by atoms with Crippen LogP contribution in [0.2, 0.25) is 0 Å². The van der Waals surface area contributed by atoms with E-state index in [9.17, 15) is 19.2 Å². The maximum absolute atomic E-state index is 13.3. The summed E-state index contributed by atoms with van der Waals surface area (Å²) >= 11 is 0. The van der Waals surface area contributed by atoms with Crippen LogP contribution in [0.5, 0.6) is 0 Å². The zero-order valence-corrected chi connectivity index (χ0v) is 17.3. The van der Waals surface area contributed by atoms with Crippen LogP contribution in [-0.4, -0.2) is 51.5 Å². The predicted molar refractivity (Wildman–Crippen MR) is 106 cm³/mol. The summed E-state index contributed by atoms with van der Waals surface area (Å²) in [5.41, 5.74) is -2.00. The van der Waals surface area contributed by atoms with E-state index in [1.807, 2.05) is 0 Å². The molecule has 2 aliphatic rings. The first kappa shape index (κ1) is 21.4. The van der Waals surface area contributed by atoms with Crippen LogP contribution in [0.25, 0.3) is 0 Å². The molecule has 0 aliphatic carbocycles. The second kappa shape index (κ2) is 7.82. The molecule has 3 amide bonds. The number of rotatable bonds is 3. The minimum atomic E-state index is -1.52. The van der Waals surface area contributed by atoms with Crippen LogP contribution < -0.4 is 0 Å². The second-order valence-corrected chi connectivity index (χ2v) is 8.33. The lowest BCUT2D eigenvalue weighted by atomic mass is 9.84. The normalized spacial score (nSPS) is 21.1. The molecule has 158 valence electrons. The third-order valence-corrected chi connectivity index (χ3v) is 5.06. The lowest BCUT2D eigenvalue weighted by molar-refractivity contribution is -0.184. The van der Waals surface area contributed by atoms with Gasteiger partial charge in [-0.15, -0.1) is 12.3 Å². The fourth-order valence-corrected chi connectivity index (χ4v) is 3.67. The van der Waals surface area contributed by atoms with Gasteiger partial charge in [0.15, 0.2) is 5.54 Å². The van der Waals surface area contributed by atoms with Crippen molar-refractivity contribution in [1.82, 2.24) is 9.96 Å². The average Bonchev–Trinajstić information content (AvgIpc) is 2.92. The van der Waals surface area contributed by atoms with E-state index in [1.54, 1.807) is 32.9 Å². The second-order valence-electron chi connectivity index (χ2n) is 8.33. The molecular formula is C22H24N2O6. The standard InChI is InChI=1S/C22H24N2O6/c1-5-12-22(13-8-9-14-23(22)20(28)29-21(2,3)4)19(27)30-24-17(25)15-10-6-7-11-16(15)18(24)26/h1,6-7,10-11H,8-9,12-14H2,2-4H3. The molecule has 0 bridgehead atoms. The van der Waals surface area contributed by atoms with Crippen LogP contribution in [0.4, 0.5) is 4.79 Å². The number of hydrogen-bond donors (Lipinski definition) is 0. The number of amides is 3. The molecule has 0 spiro atoms. The number of fused-ring (bicyclic) bond motifs is 1. The third-order valence-electron chi connectivity index (χ3n) is 5.06. The molecule has 0 N–H and O–H groups in total. The highest BCUT2D eigenvalue weighted by molar-refractivity contribution is 6.21. The van der Waals surface area contributed by atoms with E-state index >= 15 is 0 Å². The molecule has 0 radical (unpaired) electrons. The third kappa shape index (κ3) is 3.75. The zero-order valence-electron chi connectivity index (χ0n) is 17.3. The van der Waals surface area contributed by atoms with Crippen LogP contribution in [0.1, 0.15) is 67.2 Å². The van der Waals surface area contributed by atoms with Gasteiger partial charge in [0.05, 0.1) is 11.1 Å². The van der Waals surface area contributed by atoms with E-state index in [1.165, 1.54) is 17.0 Å². The number of ether oxygens (including phenoxy) is 1. The highest BCUT2D eigenvalue weighted by atomic mass is 16.7. The molecule has 0 aromatic heterocycles. The van der Waals surface area contributed by atoms with Gasteiger partial charge in [-0.25, -0.2) is 9.59 Å². The summed E-state index contributed by atoms with van der Waals surface area (Å²) < 4.78 is 5.46. The Hall–Kier alpha value is -3.34.